The number of carboxylic acid groups (broad SMARTS) is 1. The molecule has 1 aliphatic rings. The number of alkyl halides is 2. The van der Waals surface area contributed by atoms with E-state index in [0.717, 1.165) is 4.90 Å². The highest BCUT2D eigenvalue weighted by atomic mass is 19.3. The molecule has 0 bridgehead atoms. The zero-order valence-corrected chi connectivity index (χ0v) is 9.23. The van der Waals surface area contributed by atoms with Crippen LogP contribution in [0.2, 0.25) is 0 Å². The average Bonchev–Trinajstić information content (AvgIpc) is 2.64. The van der Waals surface area contributed by atoms with Gasteiger partial charge in [-0.05, 0) is 0 Å². The molecule has 0 aliphatic carbocycles. The first-order chi connectivity index (χ1) is 7.91. The minimum Gasteiger partial charge on any atom is -0.481 e. The molecule has 0 radical (unpaired) electrons. The van der Waals surface area contributed by atoms with Gasteiger partial charge in [-0.1, -0.05) is 0 Å². The lowest BCUT2D eigenvalue weighted by Gasteiger charge is -2.21. The van der Waals surface area contributed by atoms with Gasteiger partial charge in [-0.25, -0.2) is 13.6 Å². The molecule has 98 valence electrons. The van der Waals surface area contributed by atoms with Crippen LogP contribution in [0.3, 0.4) is 0 Å². The van der Waals surface area contributed by atoms with Crippen molar-refractivity contribution in [1.29, 1.82) is 0 Å². The van der Waals surface area contributed by atoms with E-state index in [4.69, 9.17) is 9.84 Å². The molecular weight excluding hydrogens is 238 g/mol. The molecule has 1 rings (SSSR count). The average molecular weight is 252 g/mol. The minimum atomic E-state index is -2.62. The van der Waals surface area contributed by atoms with Gasteiger partial charge in [-0.2, -0.15) is 0 Å². The molecule has 2 N–H and O–H groups in total. The third-order valence-corrected chi connectivity index (χ3v) is 2.47. The van der Waals surface area contributed by atoms with Crippen molar-refractivity contribution >= 4 is 12.0 Å². The quantitative estimate of drug-likeness (QED) is 0.737. The summed E-state index contributed by atoms with van der Waals surface area (Å²) in [5, 5.41) is 11.2. The predicted molar refractivity (Wildman–Crippen MR) is 52.9 cm³/mol. The zero-order valence-electron chi connectivity index (χ0n) is 9.23. The smallest absolute Gasteiger partial charge is 0.317 e. The molecule has 2 amide bonds. The van der Waals surface area contributed by atoms with E-state index in [1.54, 1.807) is 0 Å². The van der Waals surface area contributed by atoms with Gasteiger partial charge < -0.3 is 20.1 Å². The number of nitrogens with one attached hydrogen (secondary N) is 1. The second-order valence-corrected chi connectivity index (χ2v) is 3.81. The fraction of sp³-hybridized carbons (Fsp3) is 0.778. The van der Waals surface area contributed by atoms with E-state index in [2.05, 4.69) is 5.32 Å². The molecule has 2 atom stereocenters. The summed E-state index contributed by atoms with van der Waals surface area (Å²) in [6.07, 6.45) is -2.62. The van der Waals surface area contributed by atoms with Crippen LogP contribution in [0, 0.1) is 5.92 Å². The fourth-order valence-corrected chi connectivity index (χ4v) is 1.50. The summed E-state index contributed by atoms with van der Waals surface area (Å²) in [5.74, 6) is -1.91. The molecular formula is C9H14F2N2O4. The second kappa shape index (κ2) is 5.76. The molecule has 0 saturated carbocycles. The van der Waals surface area contributed by atoms with Gasteiger partial charge in [0.05, 0.1) is 25.8 Å². The predicted octanol–water partition coefficient (Wildman–Crippen LogP) is -0.00750. The Balaban J connectivity index is 2.47. The molecule has 1 aliphatic heterocycles. The first kappa shape index (κ1) is 13.6. The number of nitrogens with zero attached hydrogens (tertiary/aromatic N) is 1. The number of hydrogen-bond donors (Lipinski definition) is 2. The van der Waals surface area contributed by atoms with Crippen molar-refractivity contribution in [2.75, 3.05) is 26.8 Å². The Morgan fingerprint density at radius 2 is 2.18 bits per heavy atom. The van der Waals surface area contributed by atoms with E-state index in [0.29, 0.717) is 0 Å². The largest absolute Gasteiger partial charge is 0.481 e. The van der Waals surface area contributed by atoms with Gasteiger partial charge in [-0.3, -0.25) is 4.79 Å². The zero-order chi connectivity index (χ0) is 13.0. The SMILES string of the molecule is CN(CC(F)F)C(=O)NC1COCC1C(=O)O. The molecule has 0 aromatic rings. The lowest BCUT2D eigenvalue weighted by Crippen LogP contribution is -2.48. The van der Waals surface area contributed by atoms with Gasteiger partial charge in [0.15, 0.2) is 0 Å². The van der Waals surface area contributed by atoms with Crippen molar-refractivity contribution in [2.45, 2.75) is 12.5 Å². The van der Waals surface area contributed by atoms with Gasteiger partial charge in [0, 0.05) is 7.05 Å². The molecule has 0 aromatic carbocycles. The fourth-order valence-electron chi connectivity index (χ4n) is 1.50. The molecule has 0 aromatic heterocycles. The van der Waals surface area contributed by atoms with E-state index in [1.165, 1.54) is 7.05 Å². The minimum absolute atomic E-state index is 0.0127. The molecule has 17 heavy (non-hydrogen) atoms. The highest BCUT2D eigenvalue weighted by Crippen LogP contribution is 2.14. The highest BCUT2D eigenvalue weighted by Gasteiger charge is 2.35. The van der Waals surface area contributed by atoms with E-state index in [9.17, 15) is 18.4 Å². The van der Waals surface area contributed by atoms with Crippen LogP contribution >= 0.6 is 0 Å². The Labute approximate surface area is 96.5 Å². The van der Waals surface area contributed by atoms with Crippen molar-refractivity contribution in [3.63, 3.8) is 0 Å². The molecule has 1 heterocycles. The summed E-state index contributed by atoms with van der Waals surface area (Å²) in [4.78, 5) is 23.0. The van der Waals surface area contributed by atoms with Crippen LogP contribution in [-0.4, -0.2) is 61.3 Å². The molecule has 2 unspecified atom stereocenters. The van der Waals surface area contributed by atoms with E-state index in [-0.39, 0.29) is 13.2 Å². The van der Waals surface area contributed by atoms with Crippen molar-refractivity contribution in [1.82, 2.24) is 10.2 Å². The normalized spacial score (nSPS) is 23.8. The lowest BCUT2D eigenvalue weighted by atomic mass is 10.0. The maximum atomic E-state index is 12.0. The van der Waals surface area contributed by atoms with Crippen LogP contribution in [-0.2, 0) is 9.53 Å². The number of amides is 2. The number of urea groups is 1. The molecule has 1 fully saturated rings. The number of ether oxygens (including phenoxy) is 1. The number of carbonyl (C=O) groups excluding carboxylic acids is 1. The van der Waals surface area contributed by atoms with Crippen LogP contribution in [0.15, 0.2) is 0 Å². The van der Waals surface area contributed by atoms with E-state index < -0.39 is 36.9 Å². The number of carbonyl (C=O) groups is 2. The van der Waals surface area contributed by atoms with Gasteiger partial charge in [0.1, 0.15) is 5.92 Å². The Morgan fingerprint density at radius 1 is 1.53 bits per heavy atom. The second-order valence-electron chi connectivity index (χ2n) is 3.81. The first-order valence-corrected chi connectivity index (χ1v) is 5.02. The van der Waals surface area contributed by atoms with Crippen molar-refractivity contribution in [2.24, 2.45) is 5.92 Å². The summed E-state index contributed by atoms with van der Waals surface area (Å²) in [6.45, 7) is -0.610. The molecule has 0 spiro atoms. The monoisotopic (exact) mass is 252 g/mol. The van der Waals surface area contributed by atoms with Gasteiger partial charge in [-0.15, -0.1) is 0 Å². The standard InChI is InChI=1S/C9H14F2N2O4/c1-13(2-7(10)11)9(16)12-6-4-17-3-5(6)8(14)15/h5-7H,2-4H2,1H3,(H,12,16)(H,14,15). The van der Waals surface area contributed by atoms with Crippen LogP contribution in [0.25, 0.3) is 0 Å². The van der Waals surface area contributed by atoms with Crippen molar-refractivity contribution < 1.29 is 28.2 Å². The lowest BCUT2D eigenvalue weighted by molar-refractivity contribution is -0.142. The number of hydrogen-bond acceptors (Lipinski definition) is 3. The van der Waals surface area contributed by atoms with Crippen molar-refractivity contribution in [3.05, 3.63) is 0 Å². The van der Waals surface area contributed by atoms with E-state index in [1.807, 2.05) is 0 Å². The molecule has 8 heteroatoms. The topological polar surface area (TPSA) is 78.9 Å². The summed E-state index contributed by atoms with van der Waals surface area (Å²) in [7, 11) is 1.22. The van der Waals surface area contributed by atoms with Crippen LogP contribution < -0.4 is 5.32 Å². The Kier molecular flexibility index (Phi) is 4.62. The Hall–Kier alpha value is -1.44. The third kappa shape index (κ3) is 3.81. The number of halogens is 2. The number of carboxylic acids is 1. The van der Waals surface area contributed by atoms with Gasteiger partial charge >= 0.3 is 12.0 Å². The van der Waals surface area contributed by atoms with Crippen LogP contribution in [0.5, 0.6) is 0 Å². The maximum Gasteiger partial charge on any atom is 0.317 e. The maximum absolute atomic E-state index is 12.0. The van der Waals surface area contributed by atoms with Gasteiger partial charge in [0.2, 0.25) is 0 Å². The van der Waals surface area contributed by atoms with Crippen LogP contribution in [0.4, 0.5) is 13.6 Å². The van der Waals surface area contributed by atoms with Gasteiger partial charge in [0.25, 0.3) is 6.43 Å². The summed E-state index contributed by atoms with van der Waals surface area (Å²) < 4.78 is 29.0. The molecule has 1 saturated heterocycles. The summed E-state index contributed by atoms with van der Waals surface area (Å²) in [5.41, 5.74) is 0. The third-order valence-electron chi connectivity index (χ3n) is 2.47. The van der Waals surface area contributed by atoms with Crippen LogP contribution in [0.1, 0.15) is 0 Å². The first-order valence-electron chi connectivity index (χ1n) is 5.02. The number of rotatable bonds is 4. The highest BCUT2D eigenvalue weighted by molar-refractivity contribution is 5.77. The summed E-state index contributed by atoms with van der Waals surface area (Å²) >= 11 is 0. The summed E-state index contributed by atoms with van der Waals surface area (Å²) in [6, 6.07) is -1.41. The Morgan fingerprint density at radius 3 is 2.71 bits per heavy atom. The molecule has 6 nitrogen and oxygen atoms in total. The van der Waals surface area contributed by atoms with E-state index >= 15 is 0 Å². The Bertz CT molecular complexity index is 301. The van der Waals surface area contributed by atoms with Crippen molar-refractivity contribution in [3.8, 4) is 0 Å². The number of aliphatic carboxylic acids is 1.